The molecule has 0 aliphatic carbocycles. The van der Waals surface area contributed by atoms with E-state index in [0.717, 1.165) is 23.3 Å². The van der Waals surface area contributed by atoms with E-state index in [-0.39, 0.29) is 31.6 Å². The van der Waals surface area contributed by atoms with Crippen molar-refractivity contribution in [2.45, 2.75) is 38.0 Å². The van der Waals surface area contributed by atoms with Gasteiger partial charge in [0.25, 0.3) is 0 Å². The molecule has 0 saturated carbocycles. The van der Waals surface area contributed by atoms with E-state index in [1.54, 1.807) is 18.2 Å². The summed E-state index contributed by atoms with van der Waals surface area (Å²) in [5.41, 5.74) is 2.11. The van der Waals surface area contributed by atoms with E-state index in [0.29, 0.717) is 30.8 Å². The lowest BCUT2D eigenvalue weighted by Gasteiger charge is -2.27. The molecule has 1 heterocycles. The minimum absolute atomic E-state index is 0.0663. The van der Waals surface area contributed by atoms with Crippen molar-refractivity contribution in [2.75, 3.05) is 19.7 Å². The fraction of sp³-hybridized carbons (Fsp3) is 0.321. The second kappa shape index (κ2) is 12.3. The van der Waals surface area contributed by atoms with Gasteiger partial charge in [-0.05, 0) is 34.9 Å². The number of benzene rings is 3. The molecule has 0 fully saturated rings. The summed E-state index contributed by atoms with van der Waals surface area (Å²) in [6, 6.07) is 20.6. The van der Waals surface area contributed by atoms with Crippen molar-refractivity contribution in [1.29, 1.82) is 0 Å². The molecule has 3 aromatic carbocycles. The van der Waals surface area contributed by atoms with Crippen LogP contribution in [0.2, 0.25) is 0 Å². The Kier molecular flexibility index (Phi) is 8.91. The first kappa shape index (κ1) is 26.8. The first-order valence-corrected chi connectivity index (χ1v) is 11.9. The van der Waals surface area contributed by atoms with Crippen LogP contribution in [0.3, 0.4) is 0 Å². The van der Waals surface area contributed by atoms with E-state index in [9.17, 15) is 22.7 Å². The molecule has 1 aliphatic rings. The van der Waals surface area contributed by atoms with Gasteiger partial charge in [0.1, 0.15) is 11.9 Å². The number of aliphatic hydroxyl groups excluding tert-OH is 1. The molecule has 3 aromatic rings. The van der Waals surface area contributed by atoms with E-state index >= 15 is 0 Å². The Balaban J connectivity index is 1.39. The number of aliphatic hydroxyl groups is 1. The van der Waals surface area contributed by atoms with Gasteiger partial charge in [-0.1, -0.05) is 65.8 Å². The highest BCUT2D eigenvalue weighted by Crippen LogP contribution is 2.30. The largest absolute Gasteiger partial charge is 0.416 e. The maximum Gasteiger partial charge on any atom is 0.416 e. The SMILES string of the molecule is O[C@@H](COCc1ccccc1)CN(Cc1cccc(C(F)(F)F)c1)C[C@@H]1CC(c2ccc(F)cc2)=NO1. The molecular formula is C28H28F4N2O3. The summed E-state index contributed by atoms with van der Waals surface area (Å²) < 4.78 is 58.6. The van der Waals surface area contributed by atoms with E-state index in [1.165, 1.54) is 18.2 Å². The van der Waals surface area contributed by atoms with Crippen LogP contribution in [-0.4, -0.2) is 47.6 Å². The van der Waals surface area contributed by atoms with E-state index in [1.807, 2.05) is 35.2 Å². The number of nitrogens with zero attached hydrogens (tertiary/aromatic N) is 2. The lowest BCUT2D eigenvalue weighted by molar-refractivity contribution is -0.137. The van der Waals surface area contributed by atoms with Gasteiger partial charge < -0.3 is 14.7 Å². The molecule has 0 aromatic heterocycles. The highest BCUT2D eigenvalue weighted by molar-refractivity contribution is 6.01. The molecule has 1 N–H and O–H groups in total. The molecule has 37 heavy (non-hydrogen) atoms. The van der Waals surface area contributed by atoms with Gasteiger partial charge in [0.05, 0.1) is 30.6 Å². The maximum atomic E-state index is 13.3. The molecule has 0 bridgehead atoms. The van der Waals surface area contributed by atoms with Crippen LogP contribution in [0.1, 0.15) is 28.7 Å². The van der Waals surface area contributed by atoms with Crippen molar-refractivity contribution in [3.05, 3.63) is 107 Å². The van der Waals surface area contributed by atoms with Crippen LogP contribution in [0.15, 0.2) is 84.0 Å². The Bertz CT molecular complexity index is 1170. The Labute approximate surface area is 212 Å². The zero-order valence-electron chi connectivity index (χ0n) is 20.1. The highest BCUT2D eigenvalue weighted by atomic mass is 19.4. The first-order valence-electron chi connectivity index (χ1n) is 11.9. The Morgan fingerprint density at radius 3 is 2.46 bits per heavy atom. The van der Waals surface area contributed by atoms with Crippen LogP contribution >= 0.6 is 0 Å². The Morgan fingerprint density at radius 1 is 1.00 bits per heavy atom. The third-order valence-corrected chi connectivity index (χ3v) is 5.92. The third-order valence-electron chi connectivity index (χ3n) is 5.92. The smallest absolute Gasteiger partial charge is 0.390 e. The zero-order valence-corrected chi connectivity index (χ0v) is 20.1. The minimum Gasteiger partial charge on any atom is -0.390 e. The van der Waals surface area contributed by atoms with Crippen LogP contribution < -0.4 is 0 Å². The lowest BCUT2D eigenvalue weighted by atomic mass is 10.0. The summed E-state index contributed by atoms with van der Waals surface area (Å²) >= 11 is 0. The second-order valence-corrected chi connectivity index (χ2v) is 9.02. The van der Waals surface area contributed by atoms with Gasteiger partial charge in [0.15, 0.2) is 0 Å². The molecule has 0 spiro atoms. The van der Waals surface area contributed by atoms with Crippen molar-refractivity contribution in [1.82, 2.24) is 4.90 Å². The molecule has 196 valence electrons. The van der Waals surface area contributed by atoms with Crippen molar-refractivity contribution in [3.8, 4) is 0 Å². The maximum absolute atomic E-state index is 13.3. The molecule has 5 nitrogen and oxygen atoms in total. The van der Waals surface area contributed by atoms with Crippen molar-refractivity contribution in [2.24, 2.45) is 5.16 Å². The number of alkyl halides is 3. The molecular weight excluding hydrogens is 488 g/mol. The number of ether oxygens (including phenoxy) is 1. The summed E-state index contributed by atoms with van der Waals surface area (Å²) in [6.45, 7) is 1.06. The lowest BCUT2D eigenvalue weighted by Crippen LogP contribution is -2.39. The van der Waals surface area contributed by atoms with Crippen LogP contribution in [0.5, 0.6) is 0 Å². The highest BCUT2D eigenvalue weighted by Gasteiger charge is 2.31. The predicted molar refractivity (Wildman–Crippen MR) is 131 cm³/mol. The summed E-state index contributed by atoms with van der Waals surface area (Å²) in [4.78, 5) is 7.41. The van der Waals surface area contributed by atoms with Crippen molar-refractivity contribution >= 4 is 5.71 Å². The van der Waals surface area contributed by atoms with Crippen LogP contribution in [0.4, 0.5) is 17.6 Å². The average molecular weight is 517 g/mol. The molecule has 0 amide bonds. The fourth-order valence-electron chi connectivity index (χ4n) is 4.17. The van der Waals surface area contributed by atoms with Gasteiger partial charge in [0, 0.05) is 26.1 Å². The number of hydrogen-bond donors (Lipinski definition) is 1. The topological polar surface area (TPSA) is 54.3 Å². The van der Waals surface area contributed by atoms with Gasteiger partial charge in [-0.15, -0.1) is 0 Å². The normalized spacial score (nSPS) is 16.5. The van der Waals surface area contributed by atoms with E-state index < -0.39 is 17.8 Å². The fourth-order valence-corrected chi connectivity index (χ4v) is 4.17. The number of halogens is 4. The summed E-state index contributed by atoms with van der Waals surface area (Å²) in [7, 11) is 0. The monoisotopic (exact) mass is 516 g/mol. The zero-order chi connectivity index (χ0) is 26.3. The summed E-state index contributed by atoms with van der Waals surface area (Å²) in [5.74, 6) is -0.351. The van der Waals surface area contributed by atoms with E-state index in [2.05, 4.69) is 5.16 Å². The molecule has 0 unspecified atom stereocenters. The van der Waals surface area contributed by atoms with Crippen LogP contribution in [-0.2, 0) is 28.9 Å². The Hall–Kier alpha value is -3.27. The van der Waals surface area contributed by atoms with Gasteiger partial charge in [-0.2, -0.15) is 13.2 Å². The van der Waals surface area contributed by atoms with Gasteiger partial charge in [-0.3, -0.25) is 4.90 Å². The quantitative estimate of drug-likeness (QED) is 0.346. The standard InChI is InChI=1S/C28H28F4N2O3/c29-24-11-9-22(10-12-24)27-14-26(37-33-27)17-34(15-21-7-4-8-23(13-21)28(30,31)32)16-25(35)19-36-18-20-5-2-1-3-6-20/h1-13,25-26,35H,14-19H2/t25-,26+/m1/s1. The second-order valence-electron chi connectivity index (χ2n) is 9.02. The minimum atomic E-state index is -4.45. The molecule has 9 heteroatoms. The molecule has 1 aliphatic heterocycles. The average Bonchev–Trinajstić information content (AvgIpc) is 3.33. The van der Waals surface area contributed by atoms with Gasteiger partial charge in [-0.25, -0.2) is 4.39 Å². The number of oxime groups is 1. The predicted octanol–water partition coefficient (Wildman–Crippen LogP) is 5.42. The van der Waals surface area contributed by atoms with Crippen molar-refractivity contribution in [3.63, 3.8) is 0 Å². The molecule has 4 rings (SSSR count). The van der Waals surface area contributed by atoms with E-state index in [4.69, 9.17) is 9.57 Å². The van der Waals surface area contributed by atoms with Crippen LogP contribution in [0, 0.1) is 5.82 Å². The Morgan fingerprint density at radius 2 is 1.73 bits per heavy atom. The molecule has 2 atom stereocenters. The van der Waals surface area contributed by atoms with Crippen molar-refractivity contribution < 1.29 is 32.2 Å². The number of hydrogen-bond acceptors (Lipinski definition) is 5. The first-order chi connectivity index (χ1) is 17.8. The third kappa shape index (κ3) is 8.11. The summed E-state index contributed by atoms with van der Waals surface area (Å²) in [6.07, 6.45) is -5.24. The summed E-state index contributed by atoms with van der Waals surface area (Å²) in [5, 5.41) is 14.8. The van der Waals surface area contributed by atoms with Gasteiger partial charge in [0.2, 0.25) is 0 Å². The van der Waals surface area contributed by atoms with Crippen LogP contribution in [0.25, 0.3) is 0 Å². The molecule has 0 saturated heterocycles. The van der Waals surface area contributed by atoms with Gasteiger partial charge >= 0.3 is 6.18 Å². The number of rotatable bonds is 11. The molecule has 0 radical (unpaired) electrons.